The van der Waals surface area contributed by atoms with Gasteiger partial charge in [-0.2, -0.15) is 4.98 Å². The molecular weight excluding hydrogens is 254 g/mol. The Labute approximate surface area is 105 Å². The monoisotopic (exact) mass is 267 g/mol. The van der Waals surface area contributed by atoms with Crippen molar-refractivity contribution in [2.45, 2.75) is 0 Å². The van der Waals surface area contributed by atoms with Crippen molar-refractivity contribution in [3.05, 3.63) is 27.0 Å². The maximum Gasteiger partial charge on any atom is 0.327 e. The number of aromatic amines is 2. The lowest BCUT2D eigenvalue weighted by molar-refractivity contribution is 1.05. The van der Waals surface area contributed by atoms with E-state index in [0.717, 1.165) is 0 Å². The van der Waals surface area contributed by atoms with E-state index in [4.69, 9.17) is 28.7 Å². The molecule has 19 heavy (non-hydrogen) atoms. The van der Waals surface area contributed by atoms with E-state index >= 15 is 0 Å². The van der Waals surface area contributed by atoms with Crippen LogP contribution in [0.2, 0.25) is 0 Å². The molecule has 2 heterocycles. The van der Waals surface area contributed by atoms with E-state index in [1.54, 1.807) is 0 Å². The lowest BCUT2D eigenvalue weighted by atomic mass is 10.5. The Kier molecular flexibility index (Phi) is 3.93. The summed E-state index contributed by atoms with van der Waals surface area (Å²) in [5, 5.41) is 0. The van der Waals surface area contributed by atoms with E-state index in [1.807, 2.05) is 4.98 Å². The average molecular weight is 267 g/mol. The Morgan fingerprint density at radius 1 is 1.00 bits per heavy atom. The molecule has 102 valence electrons. The summed E-state index contributed by atoms with van der Waals surface area (Å²) in [7, 11) is 0. The van der Waals surface area contributed by atoms with Crippen molar-refractivity contribution in [1.82, 2.24) is 19.9 Å². The summed E-state index contributed by atoms with van der Waals surface area (Å²) < 4.78 is 0. The number of nitrogens with two attached hydrogens (primary N) is 5. The van der Waals surface area contributed by atoms with E-state index in [-0.39, 0.29) is 23.3 Å². The second-order valence-corrected chi connectivity index (χ2v) is 3.30. The molecule has 0 aliphatic carbocycles. The Hall–Kier alpha value is -3.24. The number of nitrogen functional groups attached to an aromatic ring is 5. The van der Waals surface area contributed by atoms with Crippen LogP contribution in [0.4, 0.5) is 29.0 Å². The zero-order valence-electron chi connectivity index (χ0n) is 9.68. The molecule has 0 spiro atoms. The Balaban J connectivity index is 0.000000191. The Bertz CT molecular complexity index is 689. The number of hydrogen-bond acceptors (Lipinski definition) is 9. The summed E-state index contributed by atoms with van der Waals surface area (Å²) in [6, 6.07) is 0. The summed E-state index contributed by atoms with van der Waals surface area (Å²) in [5.74, 6) is 0.262. The van der Waals surface area contributed by atoms with Gasteiger partial charge in [-0.05, 0) is 0 Å². The zero-order valence-corrected chi connectivity index (χ0v) is 9.68. The van der Waals surface area contributed by atoms with Crippen LogP contribution in [0.3, 0.4) is 0 Å². The molecule has 2 aromatic heterocycles. The second-order valence-electron chi connectivity index (χ2n) is 3.30. The number of H-pyrrole nitrogens is 2. The highest BCUT2D eigenvalue weighted by Gasteiger charge is 1.98. The van der Waals surface area contributed by atoms with Crippen molar-refractivity contribution in [2.75, 3.05) is 28.7 Å². The fraction of sp³-hybridized carbons (Fsp3) is 0. The van der Waals surface area contributed by atoms with Gasteiger partial charge in [0.05, 0.1) is 11.9 Å². The van der Waals surface area contributed by atoms with Gasteiger partial charge in [0.25, 0.3) is 5.56 Å². The predicted octanol–water partition coefficient (Wildman–Crippen LogP) is -2.55. The molecule has 11 heteroatoms. The van der Waals surface area contributed by atoms with Crippen LogP contribution in [0.5, 0.6) is 0 Å². The minimum atomic E-state index is -0.666. The van der Waals surface area contributed by atoms with Crippen LogP contribution in [-0.4, -0.2) is 19.9 Å². The van der Waals surface area contributed by atoms with Gasteiger partial charge in [0, 0.05) is 0 Å². The van der Waals surface area contributed by atoms with E-state index in [9.17, 15) is 9.59 Å². The fourth-order valence-corrected chi connectivity index (χ4v) is 0.932. The lowest BCUT2D eigenvalue weighted by Crippen LogP contribution is -2.26. The predicted molar refractivity (Wildman–Crippen MR) is 71.8 cm³/mol. The SMILES string of the molecule is Nc1[nH]c(=O)[nH]c(=O)c1N.Nc1ncc(N)c(N)n1. The van der Waals surface area contributed by atoms with E-state index in [0.29, 0.717) is 5.69 Å². The van der Waals surface area contributed by atoms with Crippen LogP contribution in [0, 0.1) is 0 Å². The maximum absolute atomic E-state index is 10.6. The van der Waals surface area contributed by atoms with Gasteiger partial charge in [0.15, 0.2) is 5.82 Å². The highest BCUT2D eigenvalue weighted by Crippen LogP contribution is 2.08. The topological polar surface area (TPSA) is 222 Å². The van der Waals surface area contributed by atoms with Gasteiger partial charge < -0.3 is 28.7 Å². The van der Waals surface area contributed by atoms with Crippen molar-refractivity contribution in [2.24, 2.45) is 0 Å². The molecule has 0 radical (unpaired) electrons. The zero-order chi connectivity index (χ0) is 14.6. The fourth-order valence-electron chi connectivity index (χ4n) is 0.932. The molecule has 0 unspecified atom stereocenters. The number of aromatic nitrogens is 4. The van der Waals surface area contributed by atoms with Gasteiger partial charge in [-0.25, -0.2) is 9.78 Å². The molecule has 0 atom stereocenters. The minimum Gasteiger partial charge on any atom is -0.394 e. The number of anilines is 5. The Morgan fingerprint density at radius 2 is 1.63 bits per heavy atom. The third-order valence-corrected chi connectivity index (χ3v) is 1.88. The van der Waals surface area contributed by atoms with Crippen LogP contribution in [0.25, 0.3) is 0 Å². The molecule has 2 rings (SSSR count). The summed E-state index contributed by atoms with van der Waals surface area (Å²) >= 11 is 0. The normalized spacial score (nSPS) is 9.47. The van der Waals surface area contributed by atoms with E-state index < -0.39 is 11.2 Å². The third kappa shape index (κ3) is 3.62. The first-order chi connectivity index (χ1) is 8.81. The molecule has 0 saturated carbocycles. The summed E-state index contributed by atoms with van der Waals surface area (Å²) in [6.45, 7) is 0. The molecule has 0 amide bonds. The molecule has 11 nitrogen and oxygen atoms in total. The van der Waals surface area contributed by atoms with Crippen LogP contribution in [0.1, 0.15) is 0 Å². The molecular formula is C8H13N9O2. The molecule has 0 aliphatic heterocycles. The molecule has 2 aromatic rings. The van der Waals surface area contributed by atoms with Crippen LogP contribution in [0.15, 0.2) is 15.8 Å². The number of hydrogen-bond donors (Lipinski definition) is 7. The van der Waals surface area contributed by atoms with Crippen molar-refractivity contribution < 1.29 is 0 Å². The molecule has 0 bridgehead atoms. The van der Waals surface area contributed by atoms with Gasteiger partial charge in [-0.3, -0.25) is 14.8 Å². The van der Waals surface area contributed by atoms with Crippen molar-refractivity contribution in [3.63, 3.8) is 0 Å². The van der Waals surface area contributed by atoms with Crippen LogP contribution in [-0.2, 0) is 0 Å². The van der Waals surface area contributed by atoms with Crippen molar-refractivity contribution >= 4 is 29.0 Å². The smallest absolute Gasteiger partial charge is 0.327 e. The minimum absolute atomic E-state index is 0.103. The Morgan fingerprint density at radius 3 is 2.11 bits per heavy atom. The van der Waals surface area contributed by atoms with Gasteiger partial charge in [-0.15, -0.1) is 0 Å². The van der Waals surface area contributed by atoms with Crippen molar-refractivity contribution in [3.8, 4) is 0 Å². The molecule has 0 fully saturated rings. The number of rotatable bonds is 0. The number of nitrogens with zero attached hydrogens (tertiary/aromatic N) is 2. The number of nitrogens with one attached hydrogen (secondary N) is 2. The standard InChI is InChI=1S/C4H7N5.C4H6N4O2/c5-2-1-8-4(7)9-3(2)6;5-1-2(6)7-4(10)8-3(1)9/h1H,5H2,(H4,6,7,8,9);5H2,(H4,6,7,8,9,10). The second kappa shape index (κ2) is 5.39. The van der Waals surface area contributed by atoms with Gasteiger partial charge in [-0.1, -0.05) is 0 Å². The van der Waals surface area contributed by atoms with Crippen LogP contribution >= 0.6 is 0 Å². The van der Waals surface area contributed by atoms with Gasteiger partial charge in [0.2, 0.25) is 5.95 Å². The quantitative estimate of drug-likeness (QED) is 0.266. The van der Waals surface area contributed by atoms with E-state index in [2.05, 4.69) is 15.0 Å². The highest BCUT2D eigenvalue weighted by atomic mass is 16.2. The largest absolute Gasteiger partial charge is 0.394 e. The molecule has 0 aliphatic rings. The van der Waals surface area contributed by atoms with Gasteiger partial charge >= 0.3 is 5.69 Å². The summed E-state index contributed by atoms with van der Waals surface area (Å²) in [4.78, 5) is 32.2. The first kappa shape index (κ1) is 13.8. The lowest BCUT2D eigenvalue weighted by Gasteiger charge is -1.96. The molecule has 12 N–H and O–H groups in total. The average Bonchev–Trinajstić information content (AvgIpc) is 2.32. The van der Waals surface area contributed by atoms with Crippen LogP contribution < -0.4 is 39.9 Å². The first-order valence-electron chi connectivity index (χ1n) is 4.82. The first-order valence-corrected chi connectivity index (χ1v) is 4.82. The third-order valence-electron chi connectivity index (χ3n) is 1.88. The maximum atomic E-state index is 10.6. The van der Waals surface area contributed by atoms with E-state index in [1.165, 1.54) is 6.20 Å². The molecule has 0 saturated heterocycles. The summed E-state index contributed by atoms with van der Waals surface area (Å²) in [5.41, 5.74) is 24.8. The summed E-state index contributed by atoms with van der Waals surface area (Å²) in [6.07, 6.45) is 1.37. The van der Waals surface area contributed by atoms with Crippen molar-refractivity contribution in [1.29, 1.82) is 0 Å². The molecule has 0 aromatic carbocycles. The van der Waals surface area contributed by atoms with Gasteiger partial charge in [0.1, 0.15) is 11.5 Å². The highest BCUT2D eigenvalue weighted by molar-refractivity contribution is 5.57.